The van der Waals surface area contributed by atoms with Crippen molar-refractivity contribution in [2.75, 3.05) is 19.6 Å². The zero-order valence-corrected chi connectivity index (χ0v) is 17.5. The van der Waals surface area contributed by atoms with Crippen LogP contribution >= 0.6 is 0 Å². The van der Waals surface area contributed by atoms with Crippen LogP contribution in [0.25, 0.3) is 0 Å². The van der Waals surface area contributed by atoms with E-state index < -0.39 is 10.0 Å². The minimum Gasteiger partial charge on any atom is -0.339 e. The summed E-state index contributed by atoms with van der Waals surface area (Å²) in [6.45, 7) is 4.20. The Bertz CT molecular complexity index is 896. The van der Waals surface area contributed by atoms with Gasteiger partial charge in [-0.25, -0.2) is 13.4 Å². The summed E-state index contributed by atoms with van der Waals surface area (Å²) in [6.07, 6.45) is 6.97. The number of rotatable bonds is 8. The van der Waals surface area contributed by atoms with Crippen molar-refractivity contribution in [2.45, 2.75) is 43.2 Å². The van der Waals surface area contributed by atoms with Crippen LogP contribution in [0.1, 0.15) is 37.7 Å². The highest BCUT2D eigenvalue weighted by molar-refractivity contribution is 7.89. The SMILES string of the molecule is CCCC1CC1CN[C@H]1CN(S(=O)(=O)c2cn(C)cn2)C[C@@H]1c1ccccc1. The molecule has 2 heterocycles. The van der Waals surface area contributed by atoms with Crippen LogP contribution in [0.5, 0.6) is 0 Å². The maximum absolute atomic E-state index is 13.1. The third-order valence-corrected chi connectivity index (χ3v) is 7.89. The third kappa shape index (κ3) is 4.02. The molecule has 0 bridgehead atoms. The van der Waals surface area contributed by atoms with E-state index in [0.29, 0.717) is 13.1 Å². The molecule has 2 aromatic rings. The molecular formula is C21H30N4O2S. The Morgan fingerprint density at radius 3 is 2.64 bits per heavy atom. The number of benzene rings is 1. The number of aromatic nitrogens is 2. The lowest BCUT2D eigenvalue weighted by atomic mass is 9.94. The van der Waals surface area contributed by atoms with E-state index in [-0.39, 0.29) is 17.0 Å². The zero-order valence-electron chi connectivity index (χ0n) is 16.7. The number of nitrogens with one attached hydrogen (secondary N) is 1. The molecule has 0 spiro atoms. The van der Waals surface area contributed by atoms with Gasteiger partial charge in [0.1, 0.15) is 0 Å². The summed E-state index contributed by atoms with van der Waals surface area (Å²) in [5.41, 5.74) is 1.19. The van der Waals surface area contributed by atoms with Gasteiger partial charge in [-0.2, -0.15) is 4.31 Å². The van der Waals surface area contributed by atoms with Gasteiger partial charge in [-0.05, 0) is 30.4 Å². The molecule has 1 aromatic heterocycles. The highest BCUT2D eigenvalue weighted by Gasteiger charge is 2.42. The van der Waals surface area contributed by atoms with Gasteiger partial charge in [0.15, 0.2) is 5.03 Å². The monoisotopic (exact) mass is 402 g/mol. The molecule has 1 saturated heterocycles. The molecule has 152 valence electrons. The molecule has 2 fully saturated rings. The van der Waals surface area contributed by atoms with E-state index >= 15 is 0 Å². The summed E-state index contributed by atoms with van der Waals surface area (Å²) in [6, 6.07) is 10.4. The van der Waals surface area contributed by atoms with E-state index in [4.69, 9.17) is 0 Å². The summed E-state index contributed by atoms with van der Waals surface area (Å²) in [4.78, 5) is 4.08. The summed E-state index contributed by atoms with van der Waals surface area (Å²) in [5.74, 6) is 1.75. The standard InChI is InChI=1S/C21H30N4O2S/c1-3-7-17-10-18(17)11-22-20-13-25(12-19(20)16-8-5-4-6-9-16)28(26,27)21-14-24(2)15-23-21/h4-6,8-9,14-15,17-20,22H,3,7,10-13H2,1-2H3/t17?,18?,19-,20+/m1/s1. The van der Waals surface area contributed by atoms with E-state index in [1.807, 2.05) is 18.2 Å². The summed E-state index contributed by atoms with van der Waals surface area (Å²) >= 11 is 0. The Balaban J connectivity index is 1.50. The predicted molar refractivity (Wildman–Crippen MR) is 109 cm³/mol. The van der Waals surface area contributed by atoms with Gasteiger partial charge in [-0.1, -0.05) is 50.1 Å². The number of nitrogens with zero attached hydrogens (tertiary/aromatic N) is 3. The first kappa shape index (κ1) is 19.6. The molecule has 0 radical (unpaired) electrons. The van der Waals surface area contributed by atoms with Crippen molar-refractivity contribution in [1.82, 2.24) is 19.2 Å². The topological polar surface area (TPSA) is 67.2 Å². The average Bonchev–Trinajstić information content (AvgIpc) is 3.06. The first-order valence-corrected chi connectivity index (χ1v) is 11.7. The summed E-state index contributed by atoms with van der Waals surface area (Å²) in [5, 5.41) is 3.84. The van der Waals surface area contributed by atoms with Crippen LogP contribution in [0.2, 0.25) is 0 Å². The molecule has 4 rings (SSSR count). The first-order valence-electron chi connectivity index (χ1n) is 10.3. The quantitative estimate of drug-likeness (QED) is 0.737. The van der Waals surface area contributed by atoms with E-state index in [0.717, 1.165) is 18.4 Å². The van der Waals surface area contributed by atoms with Crippen molar-refractivity contribution < 1.29 is 8.42 Å². The Morgan fingerprint density at radius 2 is 1.96 bits per heavy atom. The van der Waals surface area contributed by atoms with Gasteiger partial charge < -0.3 is 9.88 Å². The second-order valence-corrected chi connectivity index (χ2v) is 10.2. The molecule has 1 aliphatic carbocycles. The lowest BCUT2D eigenvalue weighted by Gasteiger charge is -2.20. The van der Waals surface area contributed by atoms with Crippen LogP contribution in [0, 0.1) is 11.8 Å². The van der Waals surface area contributed by atoms with Crippen LogP contribution in [0.4, 0.5) is 0 Å². The van der Waals surface area contributed by atoms with E-state index in [2.05, 4.69) is 29.4 Å². The fourth-order valence-corrected chi connectivity index (χ4v) is 5.91. The number of sulfonamides is 1. The highest BCUT2D eigenvalue weighted by Crippen LogP contribution is 2.42. The number of hydrogen-bond acceptors (Lipinski definition) is 4. The van der Waals surface area contributed by atoms with Gasteiger partial charge in [-0.3, -0.25) is 0 Å². The average molecular weight is 403 g/mol. The zero-order chi connectivity index (χ0) is 19.7. The van der Waals surface area contributed by atoms with Gasteiger partial charge >= 0.3 is 0 Å². The third-order valence-electron chi connectivity index (χ3n) is 6.17. The van der Waals surface area contributed by atoms with Crippen molar-refractivity contribution in [3.63, 3.8) is 0 Å². The van der Waals surface area contributed by atoms with Crippen molar-refractivity contribution >= 4 is 10.0 Å². The second-order valence-electron chi connectivity index (χ2n) is 8.28. The van der Waals surface area contributed by atoms with Crippen LogP contribution in [-0.4, -0.2) is 48.0 Å². The van der Waals surface area contributed by atoms with Crippen LogP contribution in [0.3, 0.4) is 0 Å². The smallest absolute Gasteiger partial charge is 0.262 e. The van der Waals surface area contributed by atoms with Gasteiger partial charge in [0.2, 0.25) is 0 Å². The van der Waals surface area contributed by atoms with E-state index in [9.17, 15) is 8.42 Å². The molecule has 1 aliphatic heterocycles. The Labute approximate surface area is 168 Å². The van der Waals surface area contributed by atoms with Gasteiger partial charge in [0.25, 0.3) is 10.0 Å². The molecule has 28 heavy (non-hydrogen) atoms. The molecule has 2 aliphatic rings. The van der Waals surface area contributed by atoms with Crippen molar-refractivity contribution in [2.24, 2.45) is 18.9 Å². The second kappa shape index (κ2) is 7.97. The lowest BCUT2D eigenvalue weighted by Crippen LogP contribution is -2.38. The first-order chi connectivity index (χ1) is 13.5. The lowest BCUT2D eigenvalue weighted by molar-refractivity contribution is 0.445. The summed E-state index contributed by atoms with van der Waals surface area (Å²) in [7, 11) is -1.79. The predicted octanol–water partition coefficient (Wildman–Crippen LogP) is 2.60. The van der Waals surface area contributed by atoms with Crippen molar-refractivity contribution in [1.29, 1.82) is 0 Å². The van der Waals surface area contributed by atoms with Gasteiger partial charge in [-0.15, -0.1) is 0 Å². The Morgan fingerprint density at radius 1 is 1.18 bits per heavy atom. The molecule has 6 nitrogen and oxygen atoms in total. The fraction of sp³-hybridized carbons (Fsp3) is 0.571. The molecule has 2 unspecified atom stereocenters. The Kier molecular flexibility index (Phi) is 5.58. The van der Waals surface area contributed by atoms with E-state index in [1.54, 1.807) is 22.1 Å². The fourth-order valence-electron chi connectivity index (χ4n) is 4.45. The van der Waals surface area contributed by atoms with Crippen molar-refractivity contribution in [3.8, 4) is 0 Å². The molecule has 4 atom stereocenters. The van der Waals surface area contributed by atoms with Gasteiger partial charge in [0, 0.05) is 38.3 Å². The maximum Gasteiger partial charge on any atom is 0.262 e. The van der Waals surface area contributed by atoms with Crippen LogP contribution < -0.4 is 5.32 Å². The minimum absolute atomic E-state index is 0.128. The number of aryl methyl sites for hydroxylation is 1. The highest BCUT2D eigenvalue weighted by atomic mass is 32.2. The van der Waals surface area contributed by atoms with Gasteiger partial charge in [0.05, 0.1) is 6.33 Å². The van der Waals surface area contributed by atoms with Crippen molar-refractivity contribution in [3.05, 3.63) is 48.4 Å². The van der Waals surface area contributed by atoms with Crippen LogP contribution in [-0.2, 0) is 17.1 Å². The molecular weight excluding hydrogens is 372 g/mol. The Hall–Kier alpha value is -1.70. The molecule has 1 saturated carbocycles. The normalized spacial score (nSPS) is 27.9. The van der Waals surface area contributed by atoms with Crippen LogP contribution in [0.15, 0.2) is 47.9 Å². The molecule has 1 aromatic carbocycles. The molecule has 0 amide bonds. The largest absolute Gasteiger partial charge is 0.339 e. The number of imidazole rings is 1. The number of hydrogen-bond donors (Lipinski definition) is 1. The molecule has 7 heteroatoms. The molecule has 1 N–H and O–H groups in total. The van der Waals surface area contributed by atoms with E-state index in [1.165, 1.54) is 31.2 Å². The maximum atomic E-state index is 13.1. The summed E-state index contributed by atoms with van der Waals surface area (Å²) < 4.78 is 29.4. The minimum atomic E-state index is -3.57.